The summed E-state index contributed by atoms with van der Waals surface area (Å²) in [7, 11) is 0. The number of amides is 1. The maximum Gasteiger partial charge on any atom is 0.253 e. The number of nitrogens with zero attached hydrogens (tertiary/aromatic N) is 2. The van der Waals surface area contributed by atoms with E-state index in [-0.39, 0.29) is 17.9 Å². The van der Waals surface area contributed by atoms with Gasteiger partial charge in [0.05, 0.1) is 11.2 Å². The van der Waals surface area contributed by atoms with E-state index in [9.17, 15) is 9.90 Å². The summed E-state index contributed by atoms with van der Waals surface area (Å²) in [6.45, 7) is 3.78. The summed E-state index contributed by atoms with van der Waals surface area (Å²) in [6.07, 6.45) is 2.72. The fraction of sp³-hybridized carbons (Fsp3) is 0.444. The second kappa shape index (κ2) is 6.81. The molecule has 0 aliphatic carbocycles. The second-order valence-electron chi connectivity index (χ2n) is 6.25. The Kier molecular flexibility index (Phi) is 4.78. The first-order valence-electron chi connectivity index (χ1n) is 8.06. The first-order chi connectivity index (χ1) is 11.2. The van der Waals surface area contributed by atoms with E-state index in [1.54, 1.807) is 11.3 Å². The van der Waals surface area contributed by atoms with E-state index in [1.165, 1.54) is 0 Å². The number of aliphatic hydroxyl groups is 1. The van der Waals surface area contributed by atoms with Gasteiger partial charge in [0.2, 0.25) is 0 Å². The van der Waals surface area contributed by atoms with Gasteiger partial charge in [0.15, 0.2) is 0 Å². The zero-order valence-corrected chi connectivity index (χ0v) is 14.2. The summed E-state index contributed by atoms with van der Waals surface area (Å²) in [4.78, 5) is 18.8. The Balaban J connectivity index is 1.67. The smallest absolute Gasteiger partial charge is 0.253 e. The number of hydrogen-bond donors (Lipinski definition) is 1. The summed E-state index contributed by atoms with van der Waals surface area (Å²) < 4.78 is 0. The predicted molar refractivity (Wildman–Crippen MR) is 92.5 cm³/mol. The third-order valence-corrected chi connectivity index (χ3v) is 5.64. The Hall–Kier alpha value is -1.72. The summed E-state index contributed by atoms with van der Waals surface area (Å²) in [5, 5.41) is 11.6. The predicted octanol–water partition coefficient (Wildman–Crippen LogP) is 3.43. The van der Waals surface area contributed by atoms with Gasteiger partial charge >= 0.3 is 0 Å². The molecule has 3 rings (SSSR count). The third-order valence-electron chi connectivity index (χ3n) is 5.06. The lowest BCUT2D eigenvalue weighted by Gasteiger charge is -2.40. The number of rotatable bonds is 4. The molecule has 0 spiro atoms. The monoisotopic (exact) mass is 330 g/mol. The lowest BCUT2D eigenvalue weighted by molar-refractivity contribution is 0.0338. The highest BCUT2D eigenvalue weighted by molar-refractivity contribution is 7.07. The molecule has 0 radical (unpaired) electrons. The van der Waals surface area contributed by atoms with Gasteiger partial charge in [-0.3, -0.25) is 4.79 Å². The first-order valence-corrected chi connectivity index (χ1v) is 9.00. The zero-order valence-electron chi connectivity index (χ0n) is 13.4. The van der Waals surface area contributed by atoms with Crippen molar-refractivity contribution in [2.45, 2.75) is 26.2 Å². The van der Waals surface area contributed by atoms with Crippen molar-refractivity contribution in [3.63, 3.8) is 0 Å². The number of aromatic nitrogens is 1. The molecule has 0 atom stereocenters. The van der Waals surface area contributed by atoms with Gasteiger partial charge in [0.25, 0.3) is 5.91 Å². The normalized spacial score (nSPS) is 17.2. The average molecular weight is 330 g/mol. The van der Waals surface area contributed by atoms with Crippen molar-refractivity contribution in [3.05, 3.63) is 40.7 Å². The molecule has 1 aliphatic rings. The molecule has 0 unspecified atom stereocenters. The molecule has 2 aromatic rings. The molecule has 23 heavy (non-hydrogen) atoms. The van der Waals surface area contributed by atoms with E-state index in [2.05, 4.69) is 11.9 Å². The minimum Gasteiger partial charge on any atom is -0.396 e. The maximum atomic E-state index is 12.6. The van der Waals surface area contributed by atoms with Crippen LogP contribution in [0.4, 0.5) is 0 Å². The summed E-state index contributed by atoms with van der Waals surface area (Å²) in [5.41, 5.74) is 4.51. The van der Waals surface area contributed by atoms with Crippen molar-refractivity contribution in [1.29, 1.82) is 0 Å². The van der Waals surface area contributed by atoms with Crippen LogP contribution in [-0.4, -0.2) is 40.6 Å². The van der Waals surface area contributed by atoms with Gasteiger partial charge in [-0.2, -0.15) is 0 Å². The van der Waals surface area contributed by atoms with Crippen LogP contribution in [0.3, 0.4) is 0 Å². The lowest BCUT2D eigenvalue weighted by Crippen LogP contribution is -2.44. The van der Waals surface area contributed by atoms with Crippen LogP contribution in [0.25, 0.3) is 11.3 Å². The number of likely N-dealkylation sites (tertiary alicyclic amines) is 1. The number of thiazole rings is 1. The summed E-state index contributed by atoms with van der Waals surface area (Å²) >= 11 is 1.56. The van der Waals surface area contributed by atoms with Crippen molar-refractivity contribution >= 4 is 17.2 Å². The van der Waals surface area contributed by atoms with Crippen LogP contribution in [0.1, 0.15) is 36.5 Å². The number of aliphatic hydroxyl groups excluding tert-OH is 1. The van der Waals surface area contributed by atoms with Gasteiger partial charge < -0.3 is 10.0 Å². The molecular formula is C18H22N2O2S. The molecule has 1 amide bonds. The van der Waals surface area contributed by atoms with Crippen LogP contribution in [-0.2, 0) is 0 Å². The maximum absolute atomic E-state index is 12.6. The van der Waals surface area contributed by atoms with Crippen LogP contribution < -0.4 is 0 Å². The standard InChI is InChI=1S/C18H22N2O2S/c1-2-18(12-21)7-9-20(10-8-18)17(22)15-5-3-14(4-6-15)16-11-23-13-19-16/h3-6,11,13,21H,2,7-10,12H2,1H3. The lowest BCUT2D eigenvalue weighted by atomic mass is 9.77. The highest BCUT2D eigenvalue weighted by Gasteiger charge is 2.34. The molecule has 1 saturated heterocycles. The number of carbonyl (C=O) groups excluding carboxylic acids is 1. The molecule has 0 saturated carbocycles. The SMILES string of the molecule is CCC1(CO)CCN(C(=O)c2ccc(-c3cscn3)cc2)CC1. The molecule has 4 nitrogen and oxygen atoms in total. The van der Waals surface area contributed by atoms with E-state index < -0.39 is 0 Å². The minimum absolute atomic E-state index is 0.00521. The average Bonchev–Trinajstić information content (AvgIpc) is 3.16. The molecule has 0 bridgehead atoms. The highest BCUT2D eigenvalue weighted by atomic mass is 32.1. The quantitative estimate of drug-likeness (QED) is 0.934. The number of piperidine rings is 1. The molecule has 5 heteroatoms. The van der Waals surface area contributed by atoms with Crippen LogP contribution in [0.5, 0.6) is 0 Å². The van der Waals surface area contributed by atoms with E-state index in [1.807, 2.05) is 40.1 Å². The van der Waals surface area contributed by atoms with Crippen molar-refractivity contribution in [2.75, 3.05) is 19.7 Å². The third kappa shape index (κ3) is 3.31. The molecule has 1 aromatic carbocycles. The Morgan fingerprint density at radius 1 is 1.30 bits per heavy atom. The summed E-state index contributed by atoms with van der Waals surface area (Å²) in [5.74, 6) is 0.0810. The Morgan fingerprint density at radius 3 is 2.52 bits per heavy atom. The molecule has 1 N–H and O–H groups in total. The number of carbonyl (C=O) groups is 1. The molecule has 122 valence electrons. The zero-order chi connectivity index (χ0) is 16.3. The van der Waals surface area contributed by atoms with Gasteiger partial charge in [-0.05, 0) is 36.8 Å². The van der Waals surface area contributed by atoms with Gasteiger partial charge in [0.1, 0.15) is 0 Å². The Labute approximate surface area is 140 Å². The fourth-order valence-electron chi connectivity index (χ4n) is 3.13. The van der Waals surface area contributed by atoms with Crippen molar-refractivity contribution in [2.24, 2.45) is 5.41 Å². The number of hydrogen-bond acceptors (Lipinski definition) is 4. The Bertz CT molecular complexity index is 638. The van der Waals surface area contributed by atoms with Gasteiger partial charge in [-0.1, -0.05) is 19.1 Å². The molecule has 1 aliphatic heterocycles. The minimum atomic E-state index is 0.00521. The molecule has 2 heterocycles. The van der Waals surface area contributed by atoms with E-state index in [0.717, 1.165) is 49.2 Å². The van der Waals surface area contributed by atoms with E-state index in [4.69, 9.17) is 0 Å². The highest BCUT2D eigenvalue weighted by Crippen LogP contribution is 2.34. The fourth-order valence-corrected chi connectivity index (χ4v) is 3.69. The van der Waals surface area contributed by atoms with Crippen molar-refractivity contribution in [3.8, 4) is 11.3 Å². The summed E-state index contributed by atoms with van der Waals surface area (Å²) in [6, 6.07) is 7.67. The van der Waals surface area contributed by atoms with Crippen molar-refractivity contribution < 1.29 is 9.90 Å². The van der Waals surface area contributed by atoms with Crippen LogP contribution in [0.2, 0.25) is 0 Å². The van der Waals surface area contributed by atoms with Crippen LogP contribution >= 0.6 is 11.3 Å². The topological polar surface area (TPSA) is 53.4 Å². The molecule has 1 fully saturated rings. The van der Waals surface area contributed by atoms with E-state index in [0.29, 0.717) is 0 Å². The number of benzene rings is 1. The van der Waals surface area contributed by atoms with E-state index >= 15 is 0 Å². The first kappa shape index (κ1) is 16.1. The van der Waals surface area contributed by atoms with Gasteiger partial charge in [0, 0.05) is 36.2 Å². The van der Waals surface area contributed by atoms with Crippen molar-refractivity contribution in [1.82, 2.24) is 9.88 Å². The van der Waals surface area contributed by atoms with Crippen LogP contribution in [0, 0.1) is 5.41 Å². The Morgan fingerprint density at radius 2 is 2.00 bits per heavy atom. The molecular weight excluding hydrogens is 308 g/mol. The van der Waals surface area contributed by atoms with Gasteiger partial charge in [-0.15, -0.1) is 11.3 Å². The molecule has 1 aromatic heterocycles. The van der Waals surface area contributed by atoms with Gasteiger partial charge in [-0.25, -0.2) is 4.98 Å². The largest absolute Gasteiger partial charge is 0.396 e. The second-order valence-corrected chi connectivity index (χ2v) is 6.97. The van der Waals surface area contributed by atoms with Crippen LogP contribution in [0.15, 0.2) is 35.2 Å².